The van der Waals surface area contributed by atoms with Crippen LogP contribution in [0.5, 0.6) is 5.75 Å². The number of benzene rings is 2. The highest BCUT2D eigenvalue weighted by Crippen LogP contribution is 2.23. The minimum absolute atomic E-state index is 0.163. The van der Waals surface area contributed by atoms with Crippen LogP contribution in [-0.2, 0) is 9.59 Å². The van der Waals surface area contributed by atoms with Crippen molar-refractivity contribution in [1.82, 2.24) is 0 Å². The van der Waals surface area contributed by atoms with Crippen molar-refractivity contribution in [2.45, 2.75) is 20.3 Å². The van der Waals surface area contributed by atoms with Crippen LogP contribution >= 0.6 is 11.6 Å². The van der Waals surface area contributed by atoms with Gasteiger partial charge in [0.1, 0.15) is 5.75 Å². The van der Waals surface area contributed by atoms with E-state index in [0.29, 0.717) is 22.1 Å². The van der Waals surface area contributed by atoms with E-state index in [9.17, 15) is 9.59 Å². The number of aryl methyl sites for hydroxylation is 1. The van der Waals surface area contributed by atoms with Gasteiger partial charge in [-0.3, -0.25) is 9.59 Å². The average molecular weight is 347 g/mol. The number of para-hydroxylation sites is 1. The van der Waals surface area contributed by atoms with Gasteiger partial charge in [-0.25, -0.2) is 0 Å². The molecule has 0 spiro atoms. The van der Waals surface area contributed by atoms with Crippen LogP contribution in [0.1, 0.15) is 18.9 Å². The Bertz CT molecular complexity index is 747. The second kappa shape index (κ2) is 8.36. The van der Waals surface area contributed by atoms with E-state index in [1.54, 1.807) is 24.3 Å². The molecule has 126 valence electrons. The SMILES string of the molecule is CC(=O)Nc1ccc(C)c(NC(=O)CCOc2ccccc2Cl)c1. The Morgan fingerprint density at radius 3 is 2.58 bits per heavy atom. The molecule has 0 bridgehead atoms. The van der Waals surface area contributed by atoms with Crippen LogP contribution in [0.15, 0.2) is 42.5 Å². The number of hydrogen-bond donors (Lipinski definition) is 2. The van der Waals surface area contributed by atoms with Crippen LogP contribution in [0, 0.1) is 6.92 Å². The van der Waals surface area contributed by atoms with E-state index >= 15 is 0 Å². The Balaban J connectivity index is 1.90. The Morgan fingerprint density at radius 2 is 1.88 bits per heavy atom. The topological polar surface area (TPSA) is 67.4 Å². The summed E-state index contributed by atoms with van der Waals surface area (Å²) in [6.45, 7) is 3.54. The van der Waals surface area contributed by atoms with Crippen molar-refractivity contribution in [1.29, 1.82) is 0 Å². The molecule has 0 saturated heterocycles. The minimum Gasteiger partial charge on any atom is -0.491 e. The summed E-state index contributed by atoms with van der Waals surface area (Å²) >= 11 is 5.99. The van der Waals surface area contributed by atoms with E-state index in [1.165, 1.54) is 6.92 Å². The number of halogens is 1. The molecular weight excluding hydrogens is 328 g/mol. The summed E-state index contributed by atoms with van der Waals surface area (Å²) in [7, 11) is 0. The summed E-state index contributed by atoms with van der Waals surface area (Å²) in [6.07, 6.45) is 0.190. The molecule has 2 N–H and O–H groups in total. The first-order chi connectivity index (χ1) is 11.5. The quantitative estimate of drug-likeness (QED) is 0.830. The van der Waals surface area contributed by atoms with Gasteiger partial charge in [-0.15, -0.1) is 0 Å². The molecule has 0 radical (unpaired) electrons. The fourth-order valence-electron chi connectivity index (χ4n) is 2.07. The molecule has 0 aliphatic heterocycles. The first-order valence-corrected chi connectivity index (χ1v) is 7.89. The van der Waals surface area contributed by atoms with E-state index in [4.69, 9.17) is 16.3 Å². The number of carbonyl (C=O) groups is 2. The van der Waals surface area contributed by atoms with E-state index in [2.05, 4.69) is 10.6 Å². The number of anilines is 2. The minimum atomic E-state index is -0.176. The molecule has 0 aromatic heterocycles. The average Bonchev–Trinajstić information content (AvgIpc) is 2.52. The maximum Gasteiger partial charge on any atom is 0.227 e. The van der Waals surface area contributed by atoms with E-state index < -0.39 is 0 Å². The number of hydrogen-bond acceptors (Lipinski definition) is 3. The normalized spacial score (nSPS) is 10.1. The highest BCUT2D eigenvalue weighted by atomic mass is 35.5. The number of carbonyl (C=O) groups excluding carboxylic acids is 2. The molecule has 2 aromatic rings. The summed E-state index contributed by atoms with van der Waals surface area (Å²) in [5.74, 6) is 0.213. The standard InChI is InChI=1S/C18H19ClN2O3/c1-12-7-8-14(20-13(2)22)11-16(12)21-18(23)9-10-24-17-6-4-3-5-15(17)19/h3-8,11H,9-10H2,1-2H3,(H,20,22)(H,21,23). The molecule has 0 heterocycles. The van der Waals surface area contributed by atoms with Gasteiger partial charge in [-0.1, -0.05) is 29.8 Å². The molecular formula is C18H19ClN2O3. The molecule has 0 saturated carbocycles. The van der Waals surface area contributed by atoms with Crippen molar-refractivity contribution < 1.29 is 14.3 Å². The van der Waals surface area contributed by atoms with Crippen LogP contribution in [-0.4, -0.2) is 18.4 Å². The molecule has 0 unspecified atom stereocenters. The van der Waals surface area contributed by atoms with Crippen molar-refractivity contribution in [2.75, 3.05) is 17.2 Å². The number of amides is 2. The summed E-state index contributed by atoms with van der Waals surface area (Å²) < 4.78 is 5.50. The van der Waals surface area contributed by atoms with Gasteiger partial charge in [0, 0.05) is 18.3 Å². The maximum absolute atomic E-state index is 12.1. The van der Waals surface area contributed by atoms with Gasteiger partial charge >= 0.3 is 0 Å². The molecule has 6 heteroatoms. The van der Waals surface area contributed by atoms with Crippen LogP contribution in [0.3, 0.4) is 0 Å². The van der Waals surface area contributed by atoms with Crippen LogP contribution in [0.4, 0.5) is 11.4 Å². The lowest BCUT2D eigenvalue weighted by Crippen LogP contribution is -2.16. The van der Waals surface area contributed by atoms with Crippen LogP contribution in [0.2, 0.25) is 5.02 Å². The lowest BCUT2D eigenvalue weighted by atomic mass is 10.1. The van der Waals surface area contributed by atoms with Crippen molar-refractivity contribution in [3.8, 4) is 5.75 Å². The number of nitrogens with one attached hydrogen (secondary N) is 2. The number of ether oxygens (including phenoxy) is 1. The number of rotatable bonds is 6. The summed E-state index contributed by atoms with van der Waals surface area (Å²) in [5.41, 5.74) is 2.20. The molecule has 5 nitrogen and oxygen atoms in total. The predicted octanol–water partition coefficient (Wildman–Crippen LogP) is 4.01. The predicted molar refractivity (Wildman–Crippen MR) is 95.7 cm³/mol. The zero-order chi connectivity index (χ0) is 17.5. The van der Waals surface area contributed by atoms with Gasteiger partial charge in [0.15, 0.2) is 0 Å². The van der Waals surface area contributed by atoms with E-state index in [0.717, 1.165) is 5.56 Å². The van der Waals surface area contributed by atoms with Crippen molar-refractivity contribution in [2.24, 2.45) is 0 Å². The van der Waals surface area contributed by atoms with Gasteiger partial charge in [0.2, 0.25) is 11.8 Å². The summed E-state index contributed by atoms with van der Waals surface area (Å²) in [6, 6.07) is 12.5. The summed E-state index contributed by atoms with van der Waals surface area (Å²) in [4.78, 5) is 23.2. The highest BCUT2D eigenvalue weighted by Gasteiger charge is 2.08. The third-order valence-electron chi connectivity index (χ3n) is 3.26. The van der Waals surface area contributed by atoms with Crippen LogP contribution < -0.4 is 15.4 Å². The van der Waals surface area contributed by atoms with Gasteiger partial charge in [0.25, 0.3) is 0 Å². The zero-order valence-electron chi connectivity index (χ0n) is 13.6. The molecule has 0 aliphatic carbocycles. The monoisotopic (exact) mass is 346 g/mol. The third kappa shape index (κ3) is 5.28. The lowest BCUT2D eigenvalue weighted by Gasteiger charge is -2.12. The molecule has 24 heavy (non-hydrogen) atoms. The molecule has 0 aliphatic rings. The van der Waals surface area contributed by atoms with Crippen molar-refractivity contribution >= 4 is 34.8 Å². The van der Waals surface area contributed by atoms with Crippen molar-refractivity contribution in [3.63, 3.8) is 0 Å². The molecule has 0 atom stereocenters. The van der Waals surface area contributed by atoms with Gasteiger partial charge < -0.3 is 15.4 Å². The van der Waals surface area contributed by atoms with E-state index in [-0.39, 0.29) is 24.8 Å². The Morgan fingerprint density at radius 1 is 1.12 bits per heavy atom. The van der Waals surface area contributed by atoms with E-state index in [1.807, 2.05) is 25.1 Å². The maximum atomic E-state index is 12.1. The molecule has 2 rings (SSSR count). The smallest absolute Gasteiger partial charge is 0.227 e. The molecule has 0 fully saturated rings. The fourth-order valence-corrected chi connectivity index (χ4v) is 2.26. The highest BCUT2D eigenvalue weighted by molar-refractivity contribution is 6.32. The molecule has 2 aromatic carbocycles. The van der Waals surface area contributed by atoms with Crippen molar-refractivity contribution in [3.05, 3.63) is 53.1 Å². The first-order valence-electron chi connectivity index (χ1n) is 7.51. The molecule has 2 amide bonds. The van der Waals surface area contributed by atoms with Gasteiger partial charge in [-0.2, -0.15) is 0 Å². The first kappa shape index (κ1) is 17.8. The lowest BCUT2D eigenvalue weighted by molar-refractivity contribution is -0.116. The second-order valence-corrected chi connectivity index (χ2v) is 5.70. The largest absolute Gasteiger partial charge is 0.491 e. The Hall–Kier alpha value is -2.53. The van der Waals surface area contributed by atoms with Crippen LogP contribution in [0.25, 0.3) is 0 Å². The Labute approximate surface area is 146 Å². The Kier molecular flexibility index (Phi) is 6.21. The summed E-state index contributed by atoms with van der Waals surface area (Å²) in [5, 5.41) is 6.02. The van der Waals surface area contributed by atoms with Gasteiger partial charge in [0.05, 0.1) is 18.1 Å². The van der Waals surface area contributed by atoms with Gasteiger partial charge in [-0.05, 0) is 36.8 Å². The fraction of sp³-hybridized carbons (Fsp3) is 0.222. The zero-order valence-corrected chi connectivity index (χ0v) is 14.3. The second-order valence-electron chi connectivity index (χ2n) is 5.29. The third-order valence-corrected chi connectivity index (χ3v) is 3.57.